The van der Waals surface area contributed by atoms with Gasteiger partial charge in [-0.15, -0.1) is 0 Å². The van der Waals surface area contributed by atoms with Crippen molar-refractivity contribution in [1.82, 2.24) is 4.90 Å². The molecule has 1 heterocycles. The second-order valence-corrected chi connectivity index (χ2v) is 5.31. The van der Waals surface area contributed by atoms with Gasteiger partial charge < -0.3 is 5.73 Å². The van der Waals surface area contributed by atoms with E-state index >= 15 is 0 Å². The lowest BCUT2D eigenvalue weighted by Gasteiger charge is -2.34. The van der Waals surface area contributed by atoms with E-state index in [1.54, 1.807) is 0 Å². The maximum Gasteiger partial charge on any atom is 0.123 e. The van der Waals surface area contributed by atoms with E-state index in [2.05, 4.69) is 11.8 Å². The molecule has 1 aliphatic rings. The van der Waals surface area contributed by atoms with Crippen molar-refractivity contribution in [2.45, 2.75) is 38.8 Å². The third-order valence-electron chi connectivity index (χ3n) is 4.03. The topological polar surface area (TPSA) is 29.3 Å². The minimum absolute atomic E-state index is 0.161. The van der Waals surface area contributed by atoms with Gasteiger partial charge in [0.15, 0.2) is 0 Å². The molecule has 0 spiro atoms. The first-order valence-electron chi connectivity index (χ1n) is 6.91. The quantitative estimate of drug-likeness (QED) is 0.890. The Bertz CT molecular complexity index is 355. The first-order chi connectivity index (χ1) is 8.69. The summed E-state index contributed by atoms with van der Waals surface area (Å²) in [5.74, 6) is 0.519. The summed E-state index contributed by atoms with van der Waals surface area (Å²) in [5.41, 5.74) is 7.29. The van der Waals surface area contributed by atoms with Crippen molar-refractivity contribution in [2.24, 2.45) is 11.7 Å². The van der Waals surface area contributed by atoms with Gasteiger partial charge >= 0.3 is 0 Å². The van der Waals surface area contributed by atoms with Crippen LogP contribution in [0.4, 0.5) is 4.39 Å². The zero-order chi connectivity index (χ0) is 13.0. The number of likely N-dealkylation sites (tertiary alicyclic amines) is 1. The molecule has 2 N–H and O–H groups in total. The Morgan fingerprint density at radius 2 is 1.89 bits per heavy atom. The third-order valence-corrected chi connectivity index (χ3v) is 4.03. The predicted octanol–water partition coefficient (Wildman–Crippen LogP) is 2.78. The molecule has 3 heteroatoms. The summed E-state index contributed by atoms with van der Waals surface area (Å²) in [7, 11) is 0. The lowest BCUT2D eigenvalue weighted by molar-refractivity contribution is 0.161. The van der Waals surface area contributed by atoms with E-state index < -0.39 is 0 Å². The summed E-state index contributed by atoms with van der Waals surface area (Å²) in [6.07, 6.45) is 3.45. The van der Waals surface area contributed by atoms with E-state index in [0.717, 1.165) is 26.1 Å². The van der Waals surface area contributed by atoms with Gasteiger partial charge in [-0.05, 0) is 56.0 Å². The number of hydrogen-bond donors (Lipinski definition) is 1. The van der Waals surface area contributed by atoms with Gasteiger partial charge in [-0.3, -0.25) is 4.90 Å². The van der Waals surface area contributed by atoms with Crippen molar-refractivity contribution in [1.29, 1.82) is 0 Å². The Hall–Kier alpha value is -0.930. The van der Waals surface area contributed by atoms with Crippen LogP contribution in [0.2, 0.25) is 0 Å². The van der Waals surface area contributed by atoms with E-state index in [9.17, 15) is 4.39 Å². The van der Waals surface area contributed by atoms with Gasteiger partial charge in [0.25, 0.3) is 0 Å². The second-order valence-electron chi connectivity index (χ2n) is 5.31. The maximum absolute atomic E-state index is 12.8. The van der Waals surface area contributed by atoms with Crippen molar-refractivity contribution in [3.05, 3.63) is 35.6 Å². The van der Waals surface area contributed by atoms with E-state index in [1.807, 2.05) is 12.1 Å². The minimum Gasteiger partial charge on any atom is -0.327 e. The third kappa shape index (κ3) is 3.53. The van der Waals surface area contributed by atoms with E-state index in [4.69, 9.17) is 5.73 Å². The highest BCUT2D eigenvalue weighted by Gasteiger charge is 2.23. The Morgan fingerprint density at radius 3 is 2.44 bits per heavy atom. The molecule has 2 nitrogen and oxygen atoms in total. The molecule has 100 valence electrons. The number of piperidine rings is 1. The van der Waals surface area contributed by atoms with Crippen LogP contribution < -0.4 is 5.73 Å². The lowest BCUT2D eigenvalue weighted by Crippen LogP contribution is -2.40. The van der Waals surface area contributed by atoms with Gasteiger partial charge in [-0.25, -0.2) is 4.39 Å². The molecule has 1 aromatic carbocycles. The molecule has 0 amide bonds. The van der Waals surface area contributed by atoms with Gasteiger partial charge in [0.2, 0.25) is 0 Å². The lowest BCUT2D eigenvalue weighted by atomic mass is 9.88. The monoisotopic (exact) mass is 250 g/mol. The van der Waals surface area contributed by atoms with Gasteiger partial charge in [0, 0.05) is 12.6 Å². The first-order valence-corrected chi connectivity index (χ1v) is 6.91. The molecule has 1 unspecified atom stereocenters. The average molecular weight is 250 g/mol. The molecule has 0 aromatic heterocycles. The highest BCUT2D eigenvalue weighted by molar-refractivity contribution is 5.15. The van der Waals surface area contributed by atoms with E-state index in [-0.39, 0.29) is 5.82 Å². The van der Waals surface area contributed by atoms with E-state index in [0.29, 0.717) is 12.0 Å². The number of nitrogens with zero attached hydrogens (tertiary/aromatic N) is 1. The summed E-state index contributed by atoms with van der Waals surface area (Å²) < 4.78 is 12.8. The highest BCUT2D eigenvalue weighted by Crippen LogP contribution is 2.22. The summed E-state index contributed by atoms with van der Waals surface area (Å²) in [6, 6.07) is 7.18. The number of halogens is 1. The van der Waals surface area contributed by atoms with E-state index in [1.165, 1.54) is 30.5 Å². The molecule has 1 aromatic rings. The number of rotatable bonds is 4. The van der Waals surface area contributed by atoms with Crippen molar-refractivity contribution in [3.63, 3.8) is 0 Å². The molecule has 18 heavy (non-hydrogen) atoms. The van der Waals surface area contributed by atoms with Crippen LogP contribution in [0.1, 0.15) is 31.7 Å². The number of nitrogens with two attached hydrogens (primary N) is 1. The van der Waals surface area contributed by atoms with Crippen LogP contribution in [0.25, 0.3) is 0 Å². The minimum atomic E-state index is -0.161. The maximum atomic E-state index is 12.8. The van der Waals surface area contributed by atoms with Crippen molar-refractivity contribution in [2.75, 3.05) is 13.1 Å². The molecule has 1 fully saturated rings. The molecule has 1 atom stereocenters. The molecule has 2 rings (SSSR count). The molecular weight excluding hydrogens is 227 g/mol. The zero-order valence-corrected chi connectivity index (χ0v) is 11.1. The van der Waals surface area contributed by atoms with Crippen LogP contribution in [0.5, 0.6) is 0 Å². The summed E-state index contributed by atoms with van der Waals surface area (Å²) in [6.45, 7) is 5.30. The van der Waals surface area contributed by atoms with Crippen molar-refractivity contribution >= 4 is 0 Å². The van der Waals surface area contributed by atoms with Gasteiger partial charge in [-0.1, -0.05) is 19.1 Å². The van der Waals surface area contributed by atoms with Gasteiger partial charge in [0.05, 0.1) is 0 Å². The van der Waals surface area contributed by atoms with Crippen LogP contribution in [0, 0.1) is 11.7 Å². The summed E-state index contributed by atoms with van der Waals surface area (Å²) >= 11 is 0. The zero-order valence-electron chi connectivity index (χ0n) is 11.1. The molecular formula is C15H23FN2. The summed E-state index contributed by atoms with van der Waals surface area (Å²) in [4.78, 5) is 2.44. The normalized spacial score (nSPS) is 19.9. The van der Waals surface area contributed by atoms with Crippen molar-refractivity contribution < 1.29 is 4.39 Å². The molecule has 0 radical (unpaired) electrons. The van der Waals surface area contributed by atoms with Crippen LogP contribution in [0.15, 0.2) is 24.3 Å². The van der Waals surface area contributed by atoms with Gasteiger partial charge in [0.1, 0.15) is 5.82 Å². The first kappa shape index (κ1) is 13.5. The second kappa shape index (κ2) is 6.30. The molecule has 1 aliphatic heterocycles. The average Bonchev–Trinajstić information content (AvgIpc) is 2.41. The fraction of sp³-hybridized carbons (Fsp3) is 0.600. The molecule has 0 bridgehead atoms. The van der Waals surface area contributed by atoms with Crippen LogP contribution in [0.3, 0.4) is 0 Å². The van der Waals surface area contributed by atoms with Crippen LogP contribution in [-0.2, 0) is 6.54 Å². The van der Waals surface area contributed by atoms with Crippen molar-refractivity contribution in [3.8, 4) is 0 Å². The van der Waals surface area contributed by atoms with Gasteiger partial charge in [-0.2, -0.15) is 0 Å². The summed E-state index contributed by atoms with van der Waals surface area (Å²) in [5, 5.41) is 0. The molecule has 0 saturated carbocycles. The van der Waals surface area contributed by atoms with Crippen LogP contribution >= 0.6 is 0 Å². The SMILES string of the molecule is CCC(N)C1CCN(Cc2ccc(F)cc2)CC1. The largest absolute Gasteiger partial charge is 0.327 e. The Labute approximate surface area is 109 Å². The fourth-order valence-electron chi connectivity index (χ4n) is 2.72. The Kier molecular flexibility index (Phi) is 4.72. The Morgan fingerprint density at radius 1 is 1.28 bits per heavy atom. The number of benzene rings is 1. The smallest absolute Gasteiger partial charge is 0.123 e. The standard InChI is InChI=1S/C15H23FN2/c1-2-15(17)13-7-9-18(10-8-13)11-12-3-5-14(16)6-4-12/h3-6,13,15H,2,7-11,17H2,1H3. The number of hydrogen-bond acceptors (Lipinski definition) is 2. The highest BCUT2D eigenvalue weighted by atomic mass is 19.1. The fourth-order valence-corrected chi connectivity index (χ4v) is 2.72. The molecule has 1 saturated heterocycles. The van der Waals surface area contributed by atoms with Crippen LogP contribution in [-0.4, -0.2) is 24.0 Å². The molecule has 0 aliphatic carbocycles. The Balaban J connectivity index is 1.81. The predicted molar refractivity (Wildman–Crippen MR) is 72.7 cm³/mol.